The first-order valence-electron chi connectivity index (χ1n) is 17.1. The van der Waals surface area contributed by atoms with Crippen LogP contribution in [0.2, 0.25) is 0 Å². The van der Waals surface area contributed by atoms with Crippen LogP contribution >= 0.6 is 11.3 Å². The minimum Gasteiger partial charge on any atom is -0.456 e. The fraction of sp³-hybridized carbons (Fsp3) is 0. The van der Waals surface area contributed by atoms with Gasteiger partial charge in [0.2, 0.25) is 0 Å². The van der Waals surface area contributed by atoms with Crippen LogP contribution in [0.5, 0.6) is 0 Å². The summed E-state index contributed by atoms with van der Waals surface area (Å²) in [4.78, 5) is 10.4. The molecule has 51 heavy (non-hydrogen) atoms. The third-order valence-corrected chi connectivity index (χ3v) is 11.2. The van der Waals surface area contributed by atoms with Crippen molar-refractivity contribution in [2.45, 2.75) is 0 Å². The zero-order valence-corrected chi connectivity index (χ0v) is 28.1. The van der Waals surface area contributed by atoms with Gasteiger partial charge in [0.15, 0.2) is 5.82 Å². The average Bonchev–Trinajstić information content (AvgIpc) is 3.87. The van der Waals surface area contributed by atoms with Crippen molar-refractivity contribution in [2.24, 2.45) is 0 Å². The molecule has 0 fully saturated rings. The van der Waals surface area contributed by atoms with Gasteiger partial charge in [-0.05, 0) is 66.7 Å². The fourth-order valence-corrected chi connectivity index (χ4v) is 8.79. The fourth-order valence-electron chi connectivity index (χ4n) is 7.70. The highest BCUT2D eigenvalue weighted by molar-refractivity contribution is 7.25. The van der Waals surface area contributed by atoms with Gasteiger partial charge in [0, 0.05) is 64.1 Å². The summed E-state index contributed by atoms with van der Waals surface area (Å²) in [7, 11) is 0. The highest BCUT2D eigenvalue weighted by Gasteiger charge is 2.19. The molecule has 4 nitrogen and oxygen atoms in total. The summed E-state index contributed by atoms with van der Waals surface area (Å²) in [5.41, 5.74) is 10.00. The summed E-state index contributed by atoms with van der Waals surface area (Å²) < 4.78 is 11.2. The first kappa shape index (κ1) is 28.3. The predicted molar refractivity (Wildman–Crippen MR) is 213 cm³/mol. The van der Waals surface area contributed by atoms with Crippen molar-refractivity contribution < 1.29 is 4.42 Å². The highest BCUT2D eigenvalue weighted by atomic mass is 32.1. The van der Waals surface area contributed by atoms with Gasteiger partial charge in [0.25, 0.3) is 0 Å². The lowest BCUT2D eigenvalue weighted by Crippen LogP contribution is -1.98. The van der Waals surface area contributed by atoms with E-state index in [1.807, 2.05) is 29.5 Å². The van der Waals surface area contributed by atoms with Crippen LogP contribution in [0.15, 0.2) is 168 Å². The predicted octanol–water partition coefficient (Wildman–Crippen LogP) is 12.8. The van der Waals surface area contributed by atoms with Crippen LogP contribution in [0.3, 0.4) is 0 Å². The standard InChI is InChI=1S/C46H27N3OS/c1-2-11-28(12-3-1)36-27-37(48-46(47-36)30-21-24-43-35(26-30)32-15-6-9-20-42(32)51-43)29-13-10-14-31(25-29)49-38-18-7-4-16-33(38)44-39(49)22-23-41-45(44)34-17-5-8-19-40(34)50-41/h1-27H. The molecule has 0 spiro atoms. The molecule has 0 radical (unpaired) electrons. The Kier molecular flexibility index (Phi) is 6.09. The van der Waals surface area contributed by atoms with Gasteiger partial charge in [0.1, 0.15) is 11.2 Å². The average molecular weight is 670 g/mol. The van der Waals surface area contributed by atoms with E-state index < -0.39 is 0 Å². The second-order valence-electron chi connectivity index (χ2n) is 13.0. The first-order valence-corrected chi connectivity index (χ1v) is 17.9. The number of thiophene rings is 1. The molecule has 0 N–H and O–H groups in total. The third-order valence-electron chi connectivity index (χ3n) is 10.0. The number of para-hydroxylation sites is 2. The highest BCUT2D eigenvalue weighted by Crippen LogP contribution is 2.42. The summed E-state index contributed by atoms with van der Waals surface area (Å²) in [6.07, 6.45) is 0. The second-order valence-corrected chi connectivity index (χ2v) is 14.1. The van der Waals surface area contributed by atoms with Crippen molar-refractivity contribution in [3.8, 4) is 39.6 Å². The van der Waals surface area contributed by atoms with Crippen molar-refractivity contribution >= 4 is 75.3 Å². The van der Waals surface area contributed by atoms with E-state index >= 15 is 0 Å². The van der Waals surface area contributed by atoms with E-state index in [9.17, 15) is 0 Å². The molecule has 0 unspecified atom stereocenters. The molecule has 5 heteroatoms. The quantitative estimate of drug-likeness (QED) is 0.187. The van der Waals surface area contributed by atoms with E-state index in [0.29, 0.717) is 5.82 Å². The van der Waals surface area contributed by atoms with Crippen LogP contribution in [0.25, 0.3) is 104 Å². The van der Waals surface area contributed by atoms with Crippen LogP contribution in [0.4, 0.5) is 0 Å². The van der Waals surface area contributed by atoms with Crippen LogP contribution in [-0.2, 0) is 0 Å². The number of hydrogen-bond acceptors (Lipinski definition) is 4. The number of furan rings is 1. The molecule has 0 saturated heterocycles. The van der Waals surface area contributed by atoms with E-state index in [1.54, 1.807) is 0 Å². The van der Waals surface area contributed by atoms with E-state index in [-0.39, 0.29) is 0 Å². The lowest BCUT2D eigenvalue weighted by atomic mass is 10.0. The first-order chi connectivity index (χ1) is 25.3. The van der Waals surface area contributed by atoms with Gasteiger partial charge in [-0.2, -0.15) is 0 Å². The summed E-state index contributed by atoms with van der Waals surface area (Å²) in [5.74, 6) is 0.708. The lowest BCUT2D eigenvalue weighted by Gasteiger charge is -2.12. The molecule has 4 aromatic heterocycles. The molecule has 0 atom stereocenters. The third kappa shape index (κ3) is 4.38. The van der Waals surface area contributed by atoms with Gasteiger partial charge in [0.05, 0.1) is 22.4 Å². The van der Waals surface area contributed by atoms with Gasteiger partial charge in [-0.25, -0.2) is 9.97 Å². The largest absolute Gasteiger partial charge is 0.456 e. The molecule has 11 rings (SSSR count). The van der Waals surface area contributed by atoms with Gasteiger partial charge in [-0.1, -0.05) is 97.1 Å². The molecule has 0 bridgehead atoms. The normalized spacial score (nSPS) is 11.9. The molecule has 0 aliphatic heterocycles. The smallest absolute Gasteiger partial charge is 0.160 e. The monoisotopic (exact) mass is 669 g/mol. The second kappa shape index (κ2) is 11.0. The Balaban J connectivity index is 1.12. The van der Waals surface area contributed by atoms with Crippen molar-refractivity contribution in [3.05, 3.63) is 164 Å². The van der Waals surface area contributed by atoms with Crippen LogP contribution in [0, 0.1) is 0 Å². The van der Waals surface area contributed by atoms with Crippen LogP contribution < -0.4 is 0 Å². The van der Waals surface area contributed by atoms with Crippen LogP contribution in [0.1, 0.15) is 0 Å². The maximum atomic E-state index is 6.31. The Hall–Kier alpha value is -6.56. The minimum atomic E-state index is 0.708. The molecule has 0 saturated carbocycles. The Morgan fingerprint density at radius 3 is 2.06 bits per heavy atom. The molecule has 0 aliphatic carbocycles. The summed E-state index contributed by atoms with van der Waals surface area (Å²) >= 11 is 1.82. The number of rotatable bonds is 4. The molecule has 7 aromatic carbocycles. The van der Waals surface area contributed by atoms with Gasteiger partial charge in [-0.3, -0.25) is 0 Å². The number of hydrogen-bond donors (Lipinski definition) is 0. The van der Waals surface area contributed by atoms with Gasteiger partial charge >= 0.3 is 0 Å². The molecule has 0 amide bonds. The zero-order chi connectivity index (χ0) is 33.5. The van der Waals surface area contributed by atoms with Crippen molar-refractivity contribution in [1.82, 2.24) is 14.5 Å². The summed E-state index contributed by atoms with van der Waals surface area (Å²) in [6.45, 7) is 0. The van der Waals surface area contributed by atoms with Crippen LogP contribution in [-0.4, -0.2) is 14.5 Å². The van der Waals surface area contributed by atoms with Crippen molar-refractivity contribution in [2.75, 3.05) is 0 Å². The lowest BCUT2D eigenvalue weighted by molar-refractivity contribution is 0.669. The SMILES string of the molecule is c1ccc(-c2cc(-c3cccc(-n4c5ccccc5c5c6c(ccc54)oc4ccccc46)c3)nc(-c3ccc4sc5ccccc5c4c3)n2)cc1. The molecular weight excluding hydrogens is 643 g/mol. The van der Waals surface area contributed by atoms with Crippen molar-refractivity contribution in [3.63, 3.8) is 0 Å². The topological polar surface area (TPSA) is 43.9 Å². The molecule has 0 aliphatic rings. The molecule has 11 aromatic rings. The van der Waals surface area contributed by atoms with E-state index in [2.05, 4.69) is 150 Å². The van der Waals surface area contributed by atoms with E-state index in [0.717, 1.165) is 66.7 Å². The summed E-state index contributed by atoms with van der Waals surface area (Å²) in [6, 6.07) is 57.7. The Labute approximate surface area is 296 Å². The molecular formula is C46H27N3OS. The molecule has 238 valence electrons. The zero-order valence-electron chi connectivity index (χ0n) is 27.2. The minimum absolute atomic E-state index is 0.708. The summed E-state index contributed by atoms with van der Waals surface area (Å²) in [5, 5.41) is 7.17. The van der Waals surface area contributed by atoms with Gasteiger partial charge in [-0.15, -0.1) is 11.3 Å². The Bertz CT molecular complexity index is 3150. The number of benzene rings is 7. The number of fused-ring (bicyclic) bond motifs is 10. The molecule has 4 heterocycles. The maximum absolute atomic E-state index is 6.31. The number of nitrogens with zero attached hydrogens (tertiary/aromatic N) is 3. The van der Waals surface area contributed by atoms with E-state index in [4.69, 9.17) is 14.4 Å². The van der Waals surface area contributed by atoms with E-state index in [1.165, 1.54) is 30.9 Å². The van der Waals surface area contributed by atoms with Crippen molar-refractivity contribution in [1.29, 1.82) is 0 Å². The maximum Gasteiger partial charge on any atom is 0.160 e. The Morgan fingerprint density at radius 1 is 0.431 bits per heavy atom. The Morgan fingerprint density at radius 2 is 1.16 bits per heavy atom. The number of aromatic nitrogens is 3. The van der Waals surface area contributed by atoms with Gasteiger partial charge < -0.3 is 8.98 Å².